The van der Waals surface area contributed by atoms with E-state index in [1.807, 2.05) is 12.1 Å². The van der Waals surface area contributed by atoms with Crippen molar-refractivity contribution < 1.29 is 19.0 Å². The lowest BCUT2D eigenvalue weighted by Crippen LogP contribution is -2.36. The first-order chi connectivity index (χ1) is 12.6. The van der Waals surface area contributed by atoms with E-state index in [1.165, 1.54) is 7.11 Å². The number of carbonyl (C=O) groups excluding carboxylic acids is 1. The fraction of sp³-hybridized carbons (Fsp3) is 0.316. The van der Waals surface area contributed by atoms with Gasteiger partial charge in [-0.1, -0.05) is 11.6 Å². The smallest absolute Gasteiger partial charge is 0.259 e. The van der Waals surface area contributed by atoms with Gasteiger partial charge in [0.2, 0.25) is 0 Å². The molecule has 2 aromatic rings. The fourth-order valence-corrected chi connectivity index (χ4v) is 3.13. The van der Waals surface area contributed by atoms with Gasteiger partial charge in [-0.05, 0) is 30.3 Å². The molecule has 0 saturated carbocycles. The molecule has 1 N–H and O–H groups in total. The normalized spacial score (nSPS) is 14.0. The van der Waals surface area contributed by atoms with E-state index in [4.69, 9.17) is 25.8 Å². The van der Waals surface area contributed by atoms with E-state index >= 15 is 0 Å². The SMILES string of the molecule is COc1ccc(C(=O)Nc2ccc(N3CCOCC3)c(Cl)c2)c(OC)c1. The van der Waals surface area contributed by atoms with E-state index in [-0.39, 0.29) is 5.91 Å². The summed E-state index contributed by atoms with van der Waals surface area (Å²) in [4.78, 5) is 14.8. The monoisotopic (exact) mass is 376 g/mol. The molecule has 26 heavy (non-hydrogen) atoms. The maximum Gasteiger partial charge on any atom is 0.259 e. The molecule has 2 aromatic carbocycles. The van der Waals surface area contributed by atoms with E-state index in [9.17, 15) is 4.79 Å². The molecule has 0 aliphatic carbocycles. The molecule has 1 fully saturated rings. The third kappa shape index (κ3) is 4.03. The molecule has 0 spiro atoms. The van der Waals surface area contributed by atoms with Crippen molar-refractivity contribution in [1.82, 2.24) is 0 Å². The Balaban J connectivity index is 1.76. The summed E-state index contributed by atoms with van der Waals surface area (Å²) in [6.07, 6.45) is 0. The number of amides is 1. The minimum atomic E-state index is -0.278. The minimum absolute atomic E-state index is 0.278. The number of hydrogen-bond donors (Lipinski definition) is 1. The van der Waals surface area contributed by atoms with Crippen LogP contribution >= 0.6 is 11.6 Å². The summed E-state index contributed by atoms with van der Waals surface area (Å²) in [5.74, 6) is 0.786. The molecule has 1 aliphatic rings. The first-order valence-electron chi connectivity index (χ1n) is 8.28. The van der Waals surface area contributed by atoms with E-state index in [0.717, 1.165) is 18.8 Å². The van der Waals surface area contributed by atoms with Crippen molar-refractivity contribution in [2.75, 3.05) is 50.7 Å². The topological polar surface area (TPSA) is 60.0 Å². The molecule has 1 heterocycles. The number of methoxy groups -OCH3 is 2. The van der Waals surface area contributed by atoms with Gasteiger partial charge in [0, 0.05) is 24.8 Å². The molecule has 3 rings (SSSR count). The van der Waals surface area contributed by atoms with Crippen LogP contribution in [0.25, 0.3) is 0 Å². The number of anilines is 2. The zero-order valence-electron chi connectivity index (χ0n) is 14.8. The predicted molar refractivity (Wildman–Crippen MR) is 102 cm³/mol. The number of nitrogens with one attached hydrogen (secondary N) is 1. The summed E-state index contributed by atoms with van der Waals surface area (Å²) in [7, 11) is 3.08. The molecule has 1 aliphatic heterocycles. The van der Waals surface area contributed by atoms with E-state index in [1.54, 1.807) is 31.4 Å². The van der Waals surface area contributed by atoms with E-state index in [2.05, 4.69) is 10.2 Å². The van der Waals surface area contributed by atoms with Crippen LogP contribution in [0.5, 0.6) is 11.5 Å². The molecule has 7 heteroatoms. The number of morpholine rings is 1. The molecule has 0 aromatic heterocycles. The minimum Gasteiger partial charge on any atom is -0.497 e. The molecule has 0 radical (unpaired) electrons. The number of rotatable bonds is 5. The third-order valence-electron chi connectivity index (χ3n) is 4.21. The van der Waals surface area contributed by atoms with Gasteiger partial charge < -0.3 is 24.4 Å². The summed E-state index contributed by atoms with van der Waals surface area (Å²) in [6.45, 7) is 2.97. The molecule has 138 valence electrons. The summed E-state index contributed by atoms with van der Waals surface area (Å²) in [5, 5.41) is 3.44. The second-order valence-electron chi connectivity index (χ2n) is 5.79. The second-order valence-corrected chi connectivity index (χ2v) is 6.19. The highest BCUT2D eigenvalue weighted by Crippen LogP contribution is 2.30. The molecule has 0 bridgehead atoms. The number of benzene rings is 2. The van der Waals surface area contributed by atoms with Crippen molar-refractivity contribution in [3.63, 3.8) is 0 Å². The lowest BCUT2D eigenvalue weighted by Gasteiger charge is -2.29. The molecular weight excluding hydrogens is 356 g/mol. The van der Waals surface area contributed by atoms with Gasteiger partial charge in [0.25, 0.3) is 5.91 Å². The second kappa shape index (κ2) is 8.29. The van der Waals surface area contributed by atoms with Crippen molar-refractivity contribution in [3.05, 3.63) is 47.0 Å². The Kier molecular flexibility index (Phi) is 5.85. The lowest BCUT2D eigenvalue weighted by atomic mass is 10.1. The number of halogens is 1. The molecule has 1 amide bonds. The van der Waals surface area contributed by atoms with Gasteiger partial charge >= 0.3 is 0 Å². The predicted octanol–water partition coefficient (Wildman–Crippen LogP) is 3.45. The Morgan fingerprint density at radius 1 is 1.12 bits per heavy atom. The molecule has 0 atom stereocenters. The van der Waals surface area contributed by atoms with Gasteiger partial charge in [-0.15, -0.1) is 0 Å². The van der Waals surface area contributed by atoms with Gasteiger partial charge in [0.1, 0.15) is 11.5 Å². The molecule has 0 unspecified atom stereocenters. The number of nitrogens with zero attached hydrogens (tertiary/aromatic N) is 1. The van der Waals surface area contributed by atoms with Gasteiger partial charge in [0.15, 0.2) is 0 Å². The Hall–Kier alpha value is -2.44. The summed E-state index contributed by atoms with van der Waals surface area (Å²) >= 11 is 6.42. The largest absolute Gasteiger partial charge is 0.497 e. The standard InChI is InChI=1S/C19H21ClN2O4/c1-24-14-4-5-15(18(12-14)25-2)19(23)21-13-3-6-17(16(20)11-13)22-7-9-26-10-8-22/h3-6,11-12H,7-10H2,1-2H3,(H,21,23). The molecule has 6 nitrogen and oxygen atoms in total. The van der Waals surface area contributed by atoms with Crippen LogP contribution in [0.3, 0.4) is 0 Å². The van der Waals surface area contributed by atoms with E-state index in [0.29, 0.717) is 41.0 Å². The zero-order valence-corrected chi connectivity index (χ0v) is 15.5. The summed E-state index contributed by atoms with van der Waals surface area (Å²) in [6, 6.07) is 10.5. The first-order valence-corrected chi connectivity index (χ1v) is 8.66. The van der Waals surface area contributed by atoms with Crippen LogP contribution in [-0.4, -0.2) is 46.4 Å². The van der Waals surface area contributed by atoms with Crippen LogP contribution in [0.4, 0.5) is 11.4 Å². The average molecular weight is 377 g/mol. The number of carbonyl (C=O) groups is 1. The van der Waals surface area contributed by atoms with Crippen LogP contribution in [0, 0.1) is 0 Å². The Morgan fingerprint density at radius 2 is 1.88 bits per heavy atom. The maximum absolute atomic E-state index is 12.6. The van der Waals surface area contributed by atoms with Crippen molar-refractivity contribution in [1.29, 1.82) is 0 Å². The lowest BCUT2D eigenvalue weighted by molar-refractivity contribution is 0.102. The zero-order chi connectivity index (χ0) is 18.5. The van der Waals surface area contributed by atoms with Crippen molar-refractivity contribution in [2.45, 2.75) is 0 Å². The highest BCUT2D eigenvalue weighted by Gasteiger charge is 2.17. The maximum atomic E-state index is 12.6. The highest BCUT2D eigenvalue weighted by atomic mass is 35.5. The third-order valence-corrected chi connectivity index (χ3v) is 4.51. The quantitative estimate of drug-likeness (QED) is 0.866. The van der Waals surface area contributed by atoms with Crippen LogP contribution in [0.15, 0.2) is 36.4 Å². The van der Waals surface area contributed by atoms with Gasteiger partial charge in [-0.3, -0.25) is 4.79 Å². The van der Waals surface area contributed by atoms with Gasteiger partial charge in [0.05, 0.1) is 43.7 Å². The van der Waals surface area contributed by atoms with E-state index < -0.39 is 0 Å². The van der Waals surface area contributed by atoms with Gasteiger partial charge in [-0.25, -0.2) is 0 Å². The average Bonchev–Trinajstić information content (AvgIpc) is 2.68. The van der Waals surface area contributed by atoms with Crippen molar-refractivity contribution >= 4 is 28.9 Å². The summed E-state index contributed by atoms with van der Waals surface area (Å²) in [5.41, 5.74) is 1.98. The van der Waals surface area contributed by atoms with Crippen molar-refractivity contribution in [3.8, 4) is 11.5 Å². The van der Waals surface area contributed by atoms with Crippen LogP contribution in [0.2, 0.25) is 5.02 Å². The Morgan fingerprint density at radius 3 is 2.54 bits per heavy atom. The molecule has 1 saturated heterocycles. The van der Waals surface area contributed by atoms with Crippen LogP contribution in [-0.2, 0) is 4.74 Å². The Labute approximate surface area is 157 Å². The van der Waals surface area contributed by atoms with Crippen LogP contribution in [0.1, 0.15) is 10.4 Å². The van der Waals surface area contributed by atoms with Gasteiger partial charge in [-0.2, -0.15) is 0 Å². The number of ether oxygens (including phenoxy) is 3. The van der Waals surface area contributed by atoms with Crippen LogP contribution < -0.4 is 19.7 Å². The fourth-order valence-electron chi connectivity index (χ4n) is 2.83. The highest BCUT2D eigenvalue weighted by molar-refractivity contribution is 6.33. The number of hydrogen-bond acceptors (Lipinski definition) is 5. The van der Waals surface area contributed by atoms with Crippen molar-refractivity contribution in [2.24, 2.45) is 0 Å². The Bertz CT molecular complexity index is 791. The molecular formula is C19H21ClN2O4. The first kappa shape index (κ1) is 18.4. The summed E-state index contributed by atoms with van der Waals surface area (Å²) < 4.78 is 15.8.